The lowest BCUT2D eigenvalue weighted by atomic mass is 9.69. The molecule has 0 fully saturated rings. The van der Waals surface area contributed by atoms with Crippen LogP contribution in [0, 0.1) is 29.6 Å². The van der Waals surface area contributed by atoms with E-state index in [9.17, 15) is 0 Å². The first kappa shape index (κ1) is 39.7. The van der Waals surface area contributed by atoms with Crippen LogP contribution in [0.1, 0.15) is 51.3 Å². The van der Waals surface area contributed by atoms with Crippen molar-refractivity contribution in [3.05, 3.63) is 198 Å². The summed E-state index contributed by atoms with van der Waals surface area (Å²) in [5.74, 6) is 3.34. The Morgan fingerprint density at radius 1 is 0.781 bits per heavy atom. The standard InChI is InChI=1S/C58H51N3O3/c1-3-13-39(14-4-2)49(40-23-25-41(26-24-40)57-59-51-17-9-11-19-53(51)63-57)34-38-21-22-43-35-50-48-32-31-47(37-56(48)62-55(50)36-44(43)33-38)61(45-15-7-5-6-8-16-45)46-29-27-42(28-30-46)58-60-52-18-10-12-20-54(52)64-58/h3-7,9-12,14-22,25,27-33,35-37,39-40,43-44,49H,1,8,13,23-24,26,34H2,2H3/b14-4-. The Hall–Kier alpha value is -7.18. The first-order valence-electron chi connectivity index (χ1n) is 22.8. The minimum Gasteiger partial charge on any atom is -0.456 e. The van der Waals surface area contributed by atoms with E-state index in [1.54, 1.807) is 0 Å². The molecule has 64 heavy (non-hydrogen) atoms. The highest BCUT2D eigenvalue weighted by Gasteiger charge is 2.32. The smallest absolute Gasteiger partial charge is 0.227 e. The van der Waals surface area contributed by atoms with E-state index < -0.39 is 0 Å². The summed E-state index contributed by atoms with van der Waals surface area (Å²) in [4.78, 5) is 11.9. The lowest BCUT2D eigenvalue weighted by Crippen LogP contribution is -2.30. The summed E-state index contributed by atoms with van der Waals surface area (Å²) in [5, 5.41) is 2.31. The number of oxazole rings is 2. The zero-order valence-electron chi connectivity index (χ0n) is 36.1. The third-order valence-electron chi connectivity index (χ3n) is 13.5. The van der Waals surface area contributed by atoms with Gasteiger partial charge in [0.25, 0.3) is 0 Å². The minimum absolute atomic E-state index is 0.231. The second-order valence-corrected chi connectivity index (χ2v) is 17.5. The Morgan fingerprint density at radius 2 is 1.56 bits per heavy atom. The van der Waals surface area contributed by atoms with Gasteiger partial charge >= 0.3 is 0 Å². The fraction of sp³-hybridized carbons (Fsp3) is 0.207. The van der Waals surface area contributed by atoms with Crippen molar-refractivity contribution >= 4 is 62.3 Å². The summed E-state index contributed by atoms with van der Waals surface area (Å²) in [6.45, 7) is 6.31. The average Bonchev–Trinajstić information content (AvgIpc) is 4.00. The highest BCUT2D eigenvalue weighted by Crippen LogP contribution is 2.43. The van der Waals surface area contributed by atoms with Gasteiger partial charge < -0.3 is 18.2 Å². The Labute approximate surface area is 373 Å². The van der Waals surface area contributed by atoms with Crippen molar-refractivity contribution < 1.29 is 13.3 Å². The van der Waals surface area contributed by atoms with Crippen molar-refractivity contribution in [3.8, 4) is 11.5 Å². The van der Waals surface area contributed by atoms with Gasteiger partial charge in [0.1, 0.15) is 22.0 Å². The monoisotopic (exact) mass is 837 g/mol. The van der Waals surface area contributed by atoms with Crippen molar-refractivity contribution in [3.63, 3.8) is 0 Å². The molecule has 0 N–H and O–H groups in total. The molecule has 0 saturated carbocycles. The van der Waals surface area contributed by atoms with Gasteiger partial charge in [-0.05, 0) is 136 Å². The van der Waals surface area contributed by atoms with Crippen LogP contribution in [-0.4, -0.2) is 9.97 Å². The molecule has 4 aliphatic rings. The summed E-state index contributed by atoms with van der Waals surface area (Å²) in [7, 11) is 0. The molecule has 0 amide bonds. The number of rotatable bonds is 12. The summed E-state index contributed by atoms with van der Waals surface area (Å²) >= 11 is 0. The fourth-order valence-corrected chi connectivity index (χ4v) is 10.3. The molecule has 7 aromatic rings. The first-order valence-corrected chi connectivity index (χ1v) is 22.8. The van der Waals surface area contributed by atoms with Gasteiger partial charge in [-0.2, -0.15) is 0 Å². The summed E-state index contributed by atoms with van der Waals surface area (Å²) in [6, 6.07) is 31.0. The molecule has 0 saturated heterocycles. The number of furan rings is 1. The van der Waals surface area contributed by atoms with E-state index >= 15 is 0 Å². The van der Waals surface area contributed by atoms with Crippen molar-refractivity contribution in [2.24, 2.45) is 29.6 Å². The normalized spacial score (nSPS) is 20.2. The third-order valence-corrected chi connectivity index (χ3v) is 13.5. The van der Waals surface area contributed by atoms with Crippen molar-refractivity contribution in [1.82, 2.24) is 9.97 Å². The van der Waals surface area contributed by atoms with Crippen molar-refractivity contribution in [1.29, 1.82) is 0 Å². The maximum absolute atomic E-state index is 6.79. The van der Waals surface area contributed by atoms with E-state index in [1.807, 2.05) is 48.5 Å². The molecule has 6 heteroatoms. The zero-order valence-corrected chi connectivity index (χ0v) is 36.1. The van der Waals surface area contributed by atoms with Gasteiger partial charge in [-0.25, -0.2) is 9.97 Å². The van der Waals surface area contributed by atoms with Crippen LogP contribution in [0.3, 0.4) is 0 Å². The Balaban J connectivity index is 0.875. The molecular formula is C58H51N3O3. The molecule has 316 valence electrons. The van der Waals surface area contributed by atoms with E-state index in [4.69, 9.17) is 23.2 Å². The minimum atomic E-state index is 0.231. The second-order valence-electron chi connectivity index (χ2n) is 17.5. The average molecular weight is 838 g/mol. The number of nitrogens with zero attached hydrogens (tertiary/aromatic N) is 3. The van der Waals surface area contributed by atoms with Crippen LogP contribution < -0.4 is 15.5 Å². The van der Waals surface area contributed by atoms with Crippen LogP contribution in [-0.2, 0) is 0 Å². The molecule has 3 heterocycles. The number of aromatic nitrogens is 2. The highest BCUT2D eigenvalue weighted by molar-refractivity contribution is 5.86. The Kier molecular flexibility index (Phi) is 10.6. The van der Waals surface area contributed by atoms with Gasteiger partial charge in [-0.15, -0.1) is 6.58 Å². The van der Waals surface area contributed by atoms with E-state index in [2.05, 4.69) is 146 Å². The van der Waals surface area contributed by atoms with Crippen LogP contribution in [0.2, 0.25) is 0 Å². The number of hydrogen-bond donors (Lipinski definition) is 0. The van der Waals surface area contributed by atoms with E-state index in [-0.39, 0.29) is 11.8 Å². The number of benzene rings is 4. The van der Waals surface area contributed by atoms with Crippen LogP contribution in [0.25, 0.3) is 62.3 Å². The Bertz CT molecular complexity index is 3190. The first-order chi connectivity index (χ1) is 31.6. The molecule has 4 aliphatic carbocycles. The number of allylic oxidation sites excluding steroid dienone is 14. The zero-order chi connectivity index (χ0) is 43.0. The van der Waals surface area contributed by atoms with E-state index in [1.165, 1.54) is 16.4 Å². The molecule has 4 aromatic carbocycles. The predicted molar refractivity (Wildman–Crippen MR) is 262 cm³/mol. The summed E-state index contributed by atoms with van der Waals surface area (Å²) < 4.78 is 19.1. The van der Waals surface area contributed by atoms with Crippen LogP contribution in [0.5, 0.6) is 0 Å². The number of anilines is 2. The molecule has 0 aliphatic heterocycles. The number of fused-ring (bicyclic) bond motifs is 6. The maximum Gasteiger partial charge on any atom is 0.227 e. The molecule has 5 atom stereocenters. The maximum atomic E-state index is 6.79. The topological polar surface area (TPSA) is 68.4 Å². The lowest BCUT2D eigenvalue weighted by molar-refractivity contribution is 0.244. The van der Waals surface area contributed by atoms with Crippen LogP contribution >= 0.6 is 0 Å². The van der Waals surface area contributed by atoms with Gasteiger partial charge in [-0.3, -0.25) is 0 Å². The molecule has 6 nitrogen and oxygen atoms in total. The van der Waals surface area contributed by atoms with Gasteiger partial charge in [-0.1, -0.05) is 103 Å². The van der Waals surface area contributed by atoms with E-state index in [0.29, 0.717) is 23.6 Å². The summed E-state index contributed by atoms with van der Waals surface area (Å²) in [6.07, 6.45) is 38.0. The van der Waals surface area contributed by atoms with Crippen molar-refractivity contribution in [2.75, 3.05) is 4.90 Å². The van der Waals surface area contributed by atoms with Gasteiger partial charge in [0.05, 0.1) is 0 Å². The molecule has 5 unspecified atom stereocenters. The largest absolute Gasteiger partial charge is 0.456 e. The molecule has 3 aromatic heterocycles. The fourth-order valence-electron chi connectivity index (χ4n) is 10.3. The molecule has 11 rings (SSSR count). The summed E-state index contributed by atoms with van der Waals surface area (Å²) in [5.41, 5.74) is 12.0. The molecule has 0 radical (unpaired) electrons. The number of hydrogen-bond acceptors (Lipinski definition) is 6. The quantitative estimate of drug-likeness (QED) is 0.114. The second kappa shape index (κ2) is 17.2. The van der Waals surface area contributed by atoms with Gasteiger partial charge in [0, 0.05) is 56.7 Å². The highest BCUT2D eigenvalue weighted by atomic mass is 16.4. The van der Waals surface area contributed by atoms with Crippen LogP contribution in [0.4, 0.5) is 11.4 Å². The predicted octanol–water partition coefficient (Wildman–Crippen LogP) is 13.9. The van der Waals surface area contributed by atoms with Gasteiger partial charge in [0.2, 0.25) is 11.8 Å². The Morgan fingerprint density at radius 3 is 2.33 bits per heavy atom. The molecule has 0 spiro atoms. The van der Waals surface area contributed by atoms with Gasteiger partial charge in [0.15, 0.2) is 11.2 Å². The van der Waals surface area contributed by atoms with Crippen LogP contribution in [0.15, 0.2) is 195 Å². The van der Waals surface area contributed by atoms with E-state index in [0.717, 1.165) is 106 Å². The SMILES string of the molecule is C=CCC(/C=C\C)C(CC1=CC2C=c3oc4cc(N(C5=CCC=CC=C5)c5ccc(-c6nc7ccccc7o6)cc5)ccc4c3=CC2C=C1)C1CC=C(c2nc3ccccc3o2)CC1. The third kappa shape index (κ3) is 7.68. The molecular weight excluding hydrogens is 787 g/mol. The lowest BCUT2D eigenvalue weighted by Gasteiger charge is -2.35. The molecule has 0 bridgehead atoms. The number of para-hydroxylation sites is 4. The van der Waals surface area contributed by atoms with Crippen molar-refractivity contribution in [2.45, 2.75) is 45.4 Å².